The van der Waals surface area contributed by atoms with Crippen molar-refractivity contribution in [1.82, 2.24) is 14.9 Å². The Balaban J connectivity index is 1.29. The van der Waals surface area contributed by atoms with Gasteiger partial charge in [0.2, 0.25) is 11.9 Å². The Bertz CT molecular complexity index is 935. The molecule has 2 fully saturated rings. The van der Waals surface area contributed by atoms with E-state index in [1.54, 1.807) is 17.3 Å². The van der Waals surface area contributed by atoms with Crippen LogP contribution in [0.3, 0.4) is 0 Å². The van der Waals surface area contributed by atoms with Gasteiger partial charge in [0.25, 0.3) is 5.91 Å². The van der Waals surface area contributed by atoms with Gasteiger partial charge in [-0.15, -0.1) is 0 Å². The summed E-state index contributed by atoms with van der Waals surface area (Å²) >= 11 is 3.50. The molecule has 1 N–H and O–H groups in total. The Morgan fingerprint density at radius 2 is 2.00 bits per heavy atom. The quantitative estimate of drug-likeness (QED) is 0.813. The number of aromatic nitrogens is 2. The van der Waals surface area contributed by atoms with Gasteiger partial charge in [-0.25, -0.2) is 9.97 Å². The molecule has 7 heteroatoms. The molecule has 2 amide bonds. The third kappa shape index (κ3) is 3.14. The van der Waals surface area contributed by atoms with Gasteiger partial charge in [0.05, 0.1) is 0 Å². The molecule has 0 bridgehead atoms. The number of carbonyl (C=O) groups excluding carboxylic acids is 2. The maximum Gasteiger partial charge on any atom is 0.254 e. The molecular weight excluding hydrogens is 408 g/mol. The molecule has 27 heavy (non-hydrogen) atoms. The van der Waals surface area contributed by atoms with Crippen LogP contribution in [0.1, 0.15) is 53.1 Å². The van der Waals surface area contributed by atoms with Crippen molar-refractivity contribution in [2.24, 2.45) is 0 Å². The van der Waals surface area contributed by atoms with E-state index >= 15 is 0 Å². The first kappa shape index (κ1) is 16.9. The van der Waals surface area contributed by atoms with Crippen LogP contribution in [0.2, 0.25) is 0 Å². The largest absolute Gasteiger partial charge is 0.328 e. The Hall–Kier alpha value is -2.28. The molecule has 0 saturated heterocycles. The average Bonchev–Trinajstić information content (AvgIpc) is 3.56. The number of halogens is 1. The lowest BCUT2D eigenvalue weighted by Crippen LogP contribution is -2.46. The predicted molar refractivity (Wildman–Crippen MR) is 104 cm³/mol. The average molecular weight is 427 g/mol. The van der Waals surface area contributed by atoms with E-state index in [0.717, 1.165) is 28.4 Å². The molecule has 2 aliphatic carbocycles. The number of carbonyl (C=O) groups is 2. The van der Waals surface area contributed by atoms with E-state index in [-0.39, 0.29) is 23.8 Å². The van der Waals surface area contributed by atoms with Crippen LogP contribution in [0, 0.1) is 0 Å². The number of benzene rings is 1. The van der Waals surface area contributed by atoms with Crippen LogP contribution < -0.4 is 5.32 Å². The molecular formula is C20H19BrN4O2. The Morgan fingerprint density at radius 3 is 2.67 bits per heavy atom. The predicted octanol–water partition coefficient (Wildman–Crippen LogP) is 3.24. The molecule has 2 aromatic rings. The number of amides is 2. The summed E-state index contributed by atoms with van der Waals surface area (Å²) in [6.07, 6.45) is 8.03. The van der Waals surface area contributed by atoms with Crippen molar-refractivity contribution in [1.29, 1.82) is 0 Å². The standard InChI is InChI=1S/C20H19BrN4O2/c21-14-3-4-15-16(7-14)20(5-6-20)11-25(18(15)27)10-17(26)24-19-22-8-13(9-23-19)12-1-2-12/h3-4,7-9,12H,1-2,5-6,10-11H2,(H,22,23,24,26). The van der Waals surface area contributed by atoms with Crippen molar-refractivity contribution in [2.75, 3.05) is 18.4 Å². The van der Waals surface area contributed by atoms with E-state index in [4.69, 9.17) is 0 Å². The molecule has 0 radical (unpaired) electrons. The summed E-state index contributed by atoms with van der Waals surface area (Å²) in [5.41, 5.74) is 2.95. The van der Waals surface area contributed by atoms with Crippen LogP contribution >= 0.6 is 15.9 Å². The summed E-state index contributed by atoms with van der Waals surface area (Å²) in [6, 6.07) is 5.78. The monoisotopic (exact) mass is 426 g/mol. The fourth-order valence-corrected chi connectivity index (χ4v) is 4.27. The minimum Gasteiger partial charge on any atom is -0.328 e. The molecule has 6 nitrogen and oxygen atoms in total. The van der Waals surface area contributed by atoms with Crippen molar-refractivity contribution in [3.63, 3.8) is 0 Å². The molecule has 138 valence electrons. The van der Waals surface area contributed by atoms with Crippen molar-refractivity contribution < 1.29 is 9.59 Å². The zero-order valence-corrected chi connectivity index (χ0v) is 16.3. The smallest absolute Gasteiger partial charge is 0.254 e. The minimum atomic E-state index is -0.265. The zero-order valence-electron chi connectivity index (χ0n) is 14.7. The molecule has 5 rings (SSSR count). The highest BCUT2D eigenvalue weighted by atomic mass is 79.9. The molecule has 1 aromatic heterocycles. The molecule has 1 spiro atoms. The molecule has 2 heterocycles. The summed E-state index contributed by atoms with van der Waals surface area (Å²) in [5, 5.41) is 2.71. The van der Waals surface area contributed by atoms with Gasteiger partial charge < -0.3 is 4.90 Å². The fourth-order valence-electron chi connectivity index (χ4n) is 3.91. The van der Waals surface area contributed by atoms with Gasteiger partial charge >= 0.3 is 0 Å². The Morgan fingerprint density at radius 1 is 1.26 bits per heavy atom. The number of nitrogens with zero attached hydrogens (tertiary/aromatic N) is 3. The second-order valence-corrected chi connectivity index (χ2v) is 8.71. The maximum absolute atomic E-state index is 12.9. The Kier molecular flexibility index (Phi) is 3.82. The van der Waals surface area contributed by atoms with Crippen LogP contribution in [0.5, 0.6) is 0 Å². The first-order valence-electron chi connectivity index (χ1n) is 9.25. The number of hydrogen-bond acceptors (Lipinski definition) is 4. The summed E-state index contributed by atoms with van der Waals surface area (Å²) in [6.45, 7) is 0.605. The number of hydrogen-bond donors (Lipinski definition) is 1. The first-order chi connectivity index (χ1) is 13.0. The summed E-state index contributed by atoms with van der Waals surface area (Å²) in [5.74, 6) is 0.518. The summed E-state index contributed by atoms with van der Waals surface area (Å²) in [7, 11) is 0. The van der Waals surface area contributed by atoms with Gasteiger partial charge in [0, 0.05) is 34.4 Å². The van der Waals surface area contributed by atoms with Crippen LogP contribution in [0.25, 0.3) is 0 Å². The van der Waals surface area contributed by atoms with Gasteiger partial charge in [0.15, 0.2) is 0 Å². The molecule has 0 atom stereocenters. The zero-order chi connectivity index (χ0) is 18.6. The van der Waals surface area contributed by atoms with Gasteiger partial charge in [-0.05, 0) is 60.9 Å². The number of rotatable bonds is 4. The highest BCUT2D eigenvalue weighted by Crippen LogP contribution is 2.52. The number of fused-ring (bicyclic) bond motifs is 2. The van der Waals surface area contributed by atoms with Crippen LogP contribution in [-0.2, 0) is 10.2 Å². The highest BCUT2D eigenvalue weighted by Gasteiger charge is 2.51. The molecule has 2 saturated carbocycles. The lowest BCUT2D eigenvalue weighted by molar-refractivity contribution is -0.117. The van der Waals surface area contributed by atoms with Crippen LogP contribution in [-0.4, -0.2) is 39.8 Å². The molecule has 0 unspecified atom stereocenters. The van der Waals surface area contributed by atoms with Crippen molar-refractivity contribution in [2.45, 2.75) is 37.0 Å². The Labute approximate surface area is 165 Å². The summed E-state index contributed by atoms with van der Waals surface area (Å²) in [4.78, 5) is 35.4. The fraction of sp³-hybridized carbons (Fsp3) is 0.400. The number of anilines is 1. The first-order valence-corrected chi connectivity index (χ1v) is 10.0. The summed E-state index contributed by atoms with van der Waals surface area (Å²) < 4.78 is 0.985. The lowest BCUT2D eigenvalue weighted by atomic mass is 9.86. The van der Waals surface area contributed by atoms with E-state index in [2.05, 4.69) is 31.2 Å². The SMILES string of the molecule is O=C(CN1CC2(CC2)c2cc(Br)ccc2C1=O)Nc1ncc(C2CC2)cn1. The van der Waals surface area contributed by atoms with Crippen molar-refractivity contribution in [3.8, 4) is 0 Å². The third-order valence-corrected chi connectivity index (χ3v) is 6.22. The lowest BCUT2D eigenvalue weighted by Gasteiger charge is -2.34. The van der Waals surface area contributed by atoms with E-state index in [0.29, 0.717) is 24.0 Å². The highest BCUT2D eigenvalue weighted by molar-refractivity contribution is 9.10. The molecule has 1 aliphatic heterocycles. The maximum atomic E-state index is 12.9. The van der Waals surface area contributed by atoms with E-state index in [1.807, 2.05) is 18.2 Å². The van der Waals surface area contributed by atoms with Gasteiger partial charge in [0.1, 0.15) is 6.54 Å². The molecule has 1 aromatic carbocycles. The second kappa shape index (κ2) is 6.12. The van der Waals surface area contributed by atoms with Crippen LogP contribution in [0.4, 0.5) is 5.95 Å². The van der Waals surface area contributed by atoms with Gasteiger partial charge in [-0.3, -0.25) is 14.9 Å². The van der Waals surface area contributed by atoms with Gasteiger partial charge in [-0.2, -0.15) is 0 Å². The number of nitrogens with one attached hydrogen (secondary N) is 1. The van der Waals surface area contributed by atoms with Crippen molar-refractivity contribution >= 4 is 33.7 Å². The third-order valence-electron chi connectivity index (χ3n) is 5.72. The van der Waals surface area contributed by atoms with E-state index in [1.165, 1.54) is 12.8 Å². The van der Waals surface area contributed by atoms with E-state index < -0.39 is 0 Å². The van der Waals surface area contributed by atoms with Crippen LogP contribution in [0.15, 0.2) is 35.1 Å². The van der Waals surface area contributed by atoms with Gasteiger partial charge in [-0.1, -0.05) is 15.9 Å². The normalized spacial score (nSPS) is 19.7. The van der Waals surface area contributed by atoms with E-state index in [9.17, 15) is 9.59 Å². The topological polar surface area (TPSA) is 75.2 Å². The second-order valence-electron chi connectivity index (χ2n) is 7.79. The van der Waals surface area contributed by atoms with Crippen molar-refractivity contribution in [3.05, 3.63) is 51.8 Å². The molecule has 3 aliphatic rings. The minimum absolute atomic E-state index is 0.00964.